The number of hydrogen-bond donors (Lipinski definition) is 2. The van der Waals surface area contributed by atoms with Crippen molar-refractivity contribution in [2.45, 2.75) is 57.9 Å². The molecule has 0 spiro atoms. The number of nitrogens with two attached hydrogens (primary N) is 1. The predicted octanol–water partition coefficient (Wildman–Crippen LogP) is 2.27. The summed E-state index contributed by atoms with van der Waals surface area (Å²) in [6.07, 6.45) is 6.24. The van der Waals surface area contributed by atoms with E-state index in [9.17, 15) is 0 Å². The third kappa shape index (κ3) is 2.82. The second kappa shape index (κ2) is 5.72. The molecule has 1 aliphatic carbocycles. The van der Waals surface area contributed by atoms with E-state index < -0.39 is 0 Å². The van der Waals surface area contributed by atoms with E-state index in [2.05, 4.69) is 28.9 Å². The number of H-pyrrole nitrogens is 1. The zero-order valence-corrected chi connectivity index (χ0v) is 12.7. The number of rotatable bonds is 2. The molecule has 0 radical (unpaired) electrons. The lowest BCUT2D eigenvalue weighted by atomic mass is 9.83. The van der Waals surface area contributed by atoms with Gasteiger partial charge in [-0.3, -0.25) is 5.10 Å². The van der Waals surface area contributed by atoms with Crippen molar-refractivity contribution in [2.24, 2.45) is 17.6 Å². The zero-order valence-electron chi connectivity index (χ0n) is 12.7. The topological polar surface area (TPSA) is 70.8 Å². The van der Waals surface area contributed by atoms with Gasteiger partial charge in [-0.25, -0.2) is 0 Å². The number of hydrogen-bond acceptors (Lipinski definition) is 4. The normalized spacial score (nSPS) is 35.2. The second-order valence-corrected chi connectivity index (χ2v) is 6.85. The maximum atomic E-state index is 6.16. The molecular formula is C15H27N5. The number of aromatic nitrogens is 3. The third-order valence-corrected chi connectivity index (χ3v) is 5.19. The van der Waals surface area contributed by atoms with Gasteiger partial charge in [-0.05, 0) is 31.1 Å². The van der Waals surface area contributed by atoms with E-state index in [1.54, 1.807) is 0 Å². The molecule has 3 rings (SSSR count). The van der Waals surface area contributed by atoms with Crippen molar-refractivity contribution in [3.05, 3.63) is 5.82 Å². The third-order valence-electron chi connectivity index (χ3n) is 5.19. The van der Waals surface area contributed by atoms with Crippen LogP contribution in [0.4, 0.5) is 5.95 Å². The lowest BCUT2D eigenvalue weighted by Crippen LogP contribution is -2.48. The van der Waals surface area contributed by atoms with Crippen molar-refractivity contribution in [1.29, 1.82) is 0 Å². The summed E-state index contributed by atoms with van der Waals surface area (Å²) in [5, 5.41) is 7.60. The molecule has 1 aliphatic heterocycles. The largest absolute Gasteiger partial charge is 0.338 e. The van der Waals surface area contributed by atoms with Crippen LogP contribution in [0.3, 0.4) is 0 Å². The fourth-order valence-electron chi connectivity index (χ4n) is 3.40. The van der Waals surface area contributed by atoms with Crippen LogP contribution in [-0.4, -0.2) is 34.3 Å². The van der Waals surface area contributed by atoms with Gasteiger partial charge in [-0.15, -0.1) is 5.10 Å². The number of nitrogens with zero attached hydrogens (tertiary/aromatic N) is 3. The summed E-state index contributed by atoms with van der Waals surface area (Å²) in [6.45, 7) is 6.47. The molecule has 5 nitrogen and oxygen atoms in total. The number of piperidine rings is 1. The molecule has 5 heteroatoms. The lowest BCUT2D eigenvalue weighted by molar-refractivity contribution is 0.340. The zero-order chi connectivity index (χ0) is 14.1. The minimum Gasteiger partial charge on any atom is -0.338 e. The van der Waals surface area contributed by atoms with E-state index in [1.165, 1.54) is 25.7 Å². The quantitative estimate of drug-likeness (QED) is 0.870. The molecule has 0 aromatic carbocycles. The van der Waals surface area contributed by atoms with Crippen LogP contribution in [0.25, 0.3) is 0 Å². The Bertz CT molecular complexity index is 435. The maximum absolute atomic E-state index is 6.16. The highest BCUT2D eigenvalue weighted by Crippen LogP contribution is 2.34. The maximum Gasteiger partial charge on any atom is 0.244 e. The van der Waals surface area contributed by atoms with Crippen molar-refractivity contribution >= 4 is 5.95 Å². The Morgan fingerprint density at radius 3 is 2.60 bits per heavy atom. The molecule has 20 heavy (non-hydrogen) atoms. The Morgan fingerprint density at radius 1 is 1.15 bits per heavy atom. The van der Waals surface area contributed by atoms with Crippen molar-refractivity contribution in [3.63, 3.8) is 0 Å². The van der Waals surface area contributed by atoms with Gasteiger partial charge in [0.1, 0.15) is 5.82 Å². The molecule has 0 amide bonds. The standard InChI is InChI=1S/C15H27N5/c1-10-3-5-12(6-4-10)14-17-15(19-18-14)20-8-7-11(2)13(16)9-20/h10-13H,3-9,16H2,1-2H3,(H,17,18,19). The Morgan fingerprint density at radius 2 is 1.90 bits per heavy atom. The van der Waals surface area contributed by atoms with Crippen LogP contribution in [-0.2, 0) is 0 Å². The van der Waals surface area contributed by atoms with Crippen LogP contribution in [0.2, 0.25) is 0 Å². The van der Waals surface area contributed by atoms with Gasteiger partial charge in [-0.1, -0.05) is 26.7 Å². The first-order valence-corrected chi connectivity index (χ1v) is 8.06. The van der Waals surface area contributed by atoms with Gasteiger partial charge in [0.15, 0.2) is 0 Å². The molecule has 0 bridgehead atoms. The van der Waals surface area contributed by atoms with Gasteiger partial charge in [0.25, 0.3) is 0 Å². The summed E-state index contributed by atoms with van der Waals surface area (Å²) in [5.41, 5.74) is 6.16. The summed E-state index contributed by atoms with van der Waals surface area (Å²) in [4.78, 5) is 6.98. The van der Waals surface area contributed by atoms with Crippen molar-refractivity contribution in [1.82, 2.24) is 15.2 Å². The molecule has 1 saturated heterocycles. The minimum absolute atomic E-state index is 0.237. The molecule has 2 fully saturated rings. The Labute approximate surface area is 121 Å². The van der Waals surface area contributed by atoms with Crippen LogP contribution in [0.15, 0.2) is 0 Å². The summed E-state index contributed by atoms with van der Waals surface area (Å²) in [7, 11) is 0. The Hall–Kier alpha value is -1.10. The SMILES string of the molecule is CC1CCC(c2nc(N3CCC(C)C(N)C3)n[nH]2)CC1. The van der Waals surface area contributed by atoms with Gasteiger partial charge < -0.3 is 10.6 Å². The van der Waals surface area contributed by atoms with Gasteiger partial charge in [0.05, 0.1) is 0 Å². The summed E-state index contributed by atoms with van der Waals surface area (Å²) in [6, 6.07) is 0.237. The average Bonchev–Trinajstić information content (AvgIpc) is 2.92. The van der Waals surface area contributed by atoms with E-state index in [1.807, 2.05) is 0 Å². The highest BCUT2D eigenvalue weighted by atomic mass is 15.4. The molecule has 2 atom stereocenters. The van der Waals surface area contributed by atoms with E-state index >= 15 is 0 Å². The van der Waals surface area contributed by atoms with E-state index in [-0.39, 0.29) is 6.04 Å². The van der Waals surface area contributed by atoms with E-state index in [0.717, 1.165) is 37.2 Å². The first-order valence-electron chi connectivity index (χ1n) is 8.06. The summed E-state index contributed by atoms with van der Waals surface area (Å²) in [5.74, 6) is 3.98. The van der Waals surface area contributed by atoms with Crippen LogP contribution in [0, 0.1) is 11.8 Å². The number of nitrogens with one attached hydrogen (secondary N) is 1. The van der Waals surface area contributed by atoms with Gasteiger partial charge >= 0.3 is 0 Å². The molecule has 2 aliphatic rings. The molecule has 112 valence electrons. The van der Waals surface area contributed by atoms with Gasteiger partial charge in [0, 0.05) is 25.0 Å². The molecule has 2 unspecified atom stereocenters. The van der Waals surface area contributed by atoms with Crippen LogP contribution in [0.1, 0.15) is 57.7 Å². The number of anilines is 1. The van der Waals surface area contributed by atoms with Crippen LogP contribution < -0.4 is 10.6 Å². The minimum atomic E-state index is 0.237. The fourth-order valence-corrected chi connectivity index (χ4v) is 3.40. The monoisotopic (exact) mass is 277 g/mol. The fraction of sp³-hybridized carbons (Fsp3) is 0.867. The Kier molecular flexibility index (Phi) is 3.96. The first kappa shape index (κ1) is 13.9. The van der Waals surface area contributed by atoms with Crippen molar-refractivity contribution in [3.8, 4) is 0 Å². The first-order chi connectivity index (χ1) is 9.63. The van der Waals surface area contributed by atoms with E-state index in [0.29, 0.717) is 11.8 Å². The molecule has 2 heterocycles. The molecule has 1 saturated carbocycles. The summed E-state index contributed by atoms with van der Waals surface area (Å²) >= 11 is 0. The van der Waals surface area contributed by atoms with Crippen molar-refractivity contribution < 1.29 is 0 Å². The van der Waals surface area contributed by atoms with Crippen LogP contribution in [0.5, 0.6) is 0 Å². The second-order valence-electron chi connectivity index (χ2n) is 6.85. The molecular weight excluding hydrogens is 250 g/mol. The van der Waals surface area contributed by atoms with Crippen molar-refractivity contribution in [2.75, 3.05) is 18.0 Å². The molecule has 1 aromatic heterocycles. The smallest absolute Gasteiger partial charge is 0.244 e. The molecule has 1 aromatic rings. The van der Waals surface area contributed by atoms with Crippen LogP contribution >= 0.6 is 0 Å². The lowest BCUT2D eigenvalue weighted by Gasteiger charge is -2.34. The van der Waals surface area contributed by atoms with E-state index in [4.69, 9.17) is 10.7 Å². The Balaban J connectivity index is 1.65. The predicted molar refractivity (Wildman–Crippen MR) is 80.7 cm³/mol. The van der Waals surface area contributed by atoms with Gasteiger partial charge in [-0.2, -0.15) is 4.98 Å². The molecule has 3 N–H and O–H groups in total. The average molecular weight is 277 g/mol. The van der Waals surface area contributed by atoms with Gasteiger partial charge in [0.2, 0.25) is 5.95 Å². The summed E-state index contributed by atoms with van der Waals surface area (Å²) < 4.78 is 0. The highest BCUT2D eigenvalue weighted by Gasteiger charge is 2.27. The number of aromatic amines is 1. The highest BCUT2D eigenvalue weighted by molar-refractivity contribution is 5.30.